The predicted molar refractivity (Wildman–Crippen MR) is 61.1 cm³/mol. The molecule has 0 aliphatic heterocycles. The van der Waals surface area contributed by atoms with Crippen molar-refractivity contribution in [3.8, 4) is 0 Å². The first-order valence-corrected chi connectivity index (χ1v) is 4.98. The van der Waals surface area contributed by atoms with Crippen molar-refractivity contribution in [2.75, 3.05) is 0 Å². The summed E-state index contributed by atoms with van der Waals surface area (Å²) >= 11 is 0. The van der Waals surface area contributed by atoms with Crippen molar-refractivity contribution in [2.45, 2.75) is 12.5 Å². The molecule has 0 unspecified atom stereocenters. The van der Waals surface area contributed by atoms with E-state index in [1.807, 2.05) is 24.3 Å². The Labute approximate surface area is 92.7 Å². The highest BCUT2D eigenvalue weighted by atomic mass is 16.4. The largest absolute Gasteiger partial charge is 0.480 e. The zero-order valence-electron chi connectivity index (χ0n) is 8.63. The van der Waals surface area contributed by atoms with Gasteiger partial charge < -0.3 is 10.8 Å². The third-order valence-corrected chi connectivity index (χ3v) is 2.53. The highest BCUT2D eigenvalue weighted by molar-refractivity contribution is 5.85. The summed E-state index contributed by atoms with van der Waals surface area (Å²) < 4.78 is 0. The quantitative estimate of drug-likeness (QED) is 0.808. The van der Waals surface area contributed by atoms with Gasteiger partial charge in [0.2, 0.25) is 0 Å². The Morgan fingerprint density at radius 2 is 2.25 bits per heavy atom. The second-order valence-corrected chi connectivity index (χ2v) is 3.66. The molecule has 0 aliphatic carbocycles. The second kappa shape index (κ2) is 4.28. The lowest BCUT2D eigenvalue weighted by Crippen LogP contribution is -2.32. The number of carboxylic acid groups (broad SMARTS) is 1. The van der Waals surface area contributed by atoms with Crippen LogP contribution in [0.2, 0.25) is 0 Å². The third kappa shape index (κ3) is 2.01. The standard InChI is InChI=1S/C12H12N2O2/c13-11(12(15)16)6-8-2-1-3-9-7-14-5-4-10(8)9/h1-5,7,11H,6,13H2,(H,15,16)/t11-/m0/s1. The molecular weight excluding hydrogens is 204 g/mol. The molecule has 0 radical (unpaired) electrons. The summed E-state index contributed by atoms with van der Waals surface area (Å²) in [6, 6.07) is 6.73. The van der Waals surface area contributed by atoms with Gasteiger partial charge in [0, 0.05) is 17.8 Å². The topological polar surface area (TPSA) is 76.2 Å². The van der Waals surface area contributed by atoms with E-state index in [-0.39, 0.29) is 0 Å². The summed E-state index contributed by atoms with van der Waals surface area (Å²) in [7, 11) is 0. The number of carboxylic acids is 1. The van der Waals surface area contributed by atoms with E-state index < -0.39 is 12.0 Å². The van der Waals surface area contributed by atoms with Gasteiger partial charge >= 0.3 is 5.97 Å². The summed E-state index contributed by atoms with van der Waals surface area (Å²) in [6.07, 6.45) is 3.78. The maximum Gasteiger partial charge on any atom is 0.320 e. The number of rotatable bonds is 3. The van der Waals surface area contributed by atoms with Crippen LogP contribution in [0.4, 0.5) is 0 Å². The number of nitrogens with zero attached hydrogens (tertiary/aromatic N) is 1. The monoisotopic (exact) mass is 216 g/mol. The molecule has 3 N–H and O–H groups in total. The van der Waals surface area contributed by atoms with Gasteiger partial charge in [0.15, 0.2) is 0 Å². The number of pyridine rings is 1. The molecule has 0 fully saturated rings. The predicted octanol–water partition coefficient (Wildman–Crippen LogP) is 1.19. The van der Waals surface area contributed by atoms with Crippen molar-refractivity contribution in [3.63, 3.8) is 0 Å². The van der Waals surface area contributed by atoms with E-state index in [0.717, 1.165) is 16.3 Å². The molecule has 1 aromatic heterocycles. The summed E-state index contributed by atoms with van der Waals surface area (Å²) in [6.45, 7) is 0. The third-order valence-electron chi connectivity index (χ3n) is 2.53. The number of aromatic nitrogens is 1. The van der Waals surface area contributed by atoms with Crippen LogP contribution in [0.5, 0.6) is 0 Å². The zero-order valence-corrected chi connectivity index (χ0v) is 8.63. The van der Waals surface area contributed by atoms with E-state index in [2.05, 4.69) is 4.98 Å². The van der Waals surface area contributed by atoms with Crippen molar-refractivity contribution in [3.05, 3.63) is 42.2 Å². The first-order chi connectivity index (χ1) is 7.68. The fourth-order valence-electron chi connectivity index (χ4n) is 1.69. The normalized spacial score (nSPS) is 12.6. The highest BCUT2D eigenvalue weighted by Crippen LogP contribution is 2.18. The molecule has 1 atom stereocenters. The van der Waals surface area contributed by atoms with E-state index in [0.29, 0.717) is 6.42 Å². The van der Waals surface area contributed by atoms with Crippen LogP contribution in [0.3, 0.4) is 0 Å². The minimum Gasteiger partial charge on any atom is -0.480 e. The van der Waals surface area contributed by atoms with Crippen molar-refractivity contribution in [1.82, 2.24) is 4.98 Å². The fourth-order valence-corrected chi connectivity index (χ4v) is 1.69. The maximum atomic E-state index is 10.7. The fraction of sp³-hybridized carbons (Fsp3) is 0.167. The van der Waals surface area contributed by atoms with Gasteiger partial charge in [0.1, 0.15) is 6.04 Å². The summed E-state index contributed by atoms with van der Waals surface area (Å²) in [5.41, 5.74) is 6.46. The number of nitrogens with two attached hydrogens (primary N) is 1. The molecule has 0 aliphatic rings. The molecule has 4 nitrogen and oxygen atoms in total. The van der Waals surface area contributed by atoms with Crippen molar-refractivity contribution in [2.24, 2.45) is 5.73 Å². The van der Waals surface area contributed by atoms with Gasteiger partial charge in [0.05, 0.1) is 0 Å². The van der Waals surface area contributed by atoms with Crippen LogP contribution in [0.25, 0.3) is 10.8 Å². The SMILES string of the molecule is N[C@@H](Cc1cccc2cnccc12)C(=O)O. The van der Waals surface area contributed by atoms with Gasteiger partial charge in [-0.2, -0.15) is 0 Å². The average Bonchev–Trinajstić information content (AvgIpc) is 2.29. The minimum atomic E-state index is -0.981. The molecule has 82 valence electrons. The number of aliphatic carboxylic acids is 1. The lowest BCUT2D eigenvalue weighted by atomic mass is 10.0. The van der Waals surface area contributed by atoms with E-state index >= 15 is 0 Å². The van der Waals surface area contributed by atoms with Crippen LogP contribution >= 0.6 is 0 Å². The number of hydrogen-bond acceptors (Lipinski definition) is 3. The van der Waals surface area contributed by atoms with Gasteiger partial charge in [-0.3, -0.25) is 9.78 Å². The number of fused-ring (bicyclic) bond motifs is 1. The molecule has 2 rings (SSSR count). The van der Waals surface area contributed by atoms with Gasteiger partial charge in [0.25, 0.3) is 0 Å². The lowest BCUT2D eigenvalue weighted by Gasteiger charge is -2.09. The Morgan fingerprint density at radius 3 is 3.00 bits per heavy atom. The van der Waals surface area contributed by atoms with Gasteiger partial charge in [-0.15, -0.1) is 0 Å². The molecule has 0 saturated heterocycles. The Hall–Kier alpha value is -1.94. The van der Waals surface area contributed by atoms with Gasteiger partial charge in [-0.25, -0.2) is 0 Å². The molecule has 0 saturated carbocycles. The molecular formula is C12H12N2O2. The van der Waals surface area contributed by atoms with E-state index in [9.17, 15) is 4.79 Å². The second-order valence-electron chi connectivity index (χ2n) is 3.66. The summed E-state index contributed by atoms with van der Waals surface area (Å²) in [4.78, 5) is 14.7. The van der Waals surface area contributed by atoms with Crippen molar-refractivity contribution < 1.29 is 9.90 Å². The summed E-state index contributed by atoms with van der Waals surface area (Å²) in [5, 5.41) is 10.8. The lowest BCUT2D eigenvalue weighted by molar-refractivity contribution is -0.138. The van der Waals surface area contributed by atoms with Crippen molar-refractivity contribution in [1.29, 1.82) is 0 Å². The molecule has 1 aromatic carbocycles. The van der Waals surface area contributed by atoms with E-state index in [4.69, 9.17) is 10.8 Å². The Morgan fingerprint density at radius 1 is 1.44 bits per heavy atom. The van der Waals surface area contributed by atoms with Crippen LogP contribution in [0.1, 0.15) is 5.56 Å². The Kier molecular flexibility index (Phi) is 2.83. The number of benzene rings is 1. The smallest absolute Gasteiger partial charge is 0.320 e. The van der Waals surface area contributed by atoms with E-state index in [1.54, 1.807) is 12.4 Å². The Bertz CT molecular complexity index is 520. The zero-order chi connectivity index (χ0) is 11.5. The molecule has 16 heavy (non-hydrogen) atoms. The molecule has 0 amide bonds. The van der Waals surface area contributed by atoms with E-state index in [1.165, 1.54) is 0 Å². The first kappa shape index (κ1) is 10.6. The first-order valence-electron chi connectivity index (χ1n) is 4.98. The summed E-state index contributed by atoms with van der Waals surface area (Å²) in [5.74, 6) is -0.981. The van der Waals surface area contributed by atoms with Crippen LogP contribution in [0.15, 0.2) is 36.7 Å². The molecule has 0 bridgehead atoms. The van der Waals surface area contributed by atoms with Gasteiger partial charge in [-0.1, -0.05) is 18.2 Å². The maximum absolute atomic E-state index is 10.7. The van der Waals surface area contributed by atoms with Crippen LogP contribution in [0, 0.1) is 0 Å². The van der Waals surface area contributed by atoms with Crippen LogP contribution in [-0.4, -0.2) is 22.1 Å². The number of carbonyl (C=O) groups is 1. The molecule has 0 spiro atoms. The van der Waals surface area contributed by atoms with Gasteiger partial charge in [-0.05, 0) is 23.4 Å². The average molecular weight is 216 g/mol. The van der Waals surface area contributed by atoms with Crippen molar-refractivity contribution >= 4 is 16.7 Å². The molecule has 2 aromatic rings. The Balaban J connectivity index is 2.41. The minimum absolute atomic E-state index is 0.330. The number of hydrogen-bond donors (Lipinski definition) is 2. The molecule has 1 heterocycles. The molecule has 4 heteroatoms. The van der Waals surface area contributed by atoms with Crippen LogP contribution < -0.4 is 5.73 Å². The highest BCUT2D eigenvalue weighted by Gasteiger charge is 2.13. The van der Waals surface area contributed by atoms with Crippen LogP contribution in [-0.2, 0) is 11.2 Å².